The summed E-state index contributed by atoms with van der Waals surface area (Å²) >= 11 is 0. The number of nitrogens with one attached hydrogen (secondary N) is 1. The summed E-state index contributed by atoms with van der Waals surface area (Å²) in [5.41, 5.74) is 3.62. The van der Waals surface area contributed by atoms with Crippen LogP contribution in [0.4, 0.5) is 0 Å². The van der Waals surface area contributed by atoms with Crippen LogP contribution in [0.5, 0.6) is 0 Å². The molecule has 0 unspecified atom stereocenters. The van der Waals surface area contributed by atoms with Gasteiger partial charge in [0.1, 0.15) is 6.61 Å². The molecule has 0 saturated carbocycles. The van der Waals surface area contributed by atoms with Gasteiger partial charge in [0.2, 0.25) is 5.78 Å². The molecule has 0 spiro atoms. The maximum Gasteiger partial charge on any atom is 0.287 e. The van der Waals surface area contributed by atoms with Crippen molar-refractivity contribution in [3.8, 4) is 0 Å². The van der Waals surface area contributed by atoms with Crippen molar-refractivity contribution in [2.45, 2.75) is 51.9 Å². The van der Waals surface area contributed by atoms with Crippen LogP contribution in [0.15, 0.2) is 54.6 Å². The Morgan fingerprint density at radius 1 is 0.839 bits per heavy atom. The van der Waals surface area contributed by atoms with Gasteiger partial charge in [-0.1, -0.05) is 61.5 Å². The largest absolute Gasteiger partial charge is 0.374 e. The number of hydrogen-bond donors (Lipinski definition) is 1. The van der Waals surface area contributed by atoms with Gasteiger partial charge in [-0.25, -0.2) is 0 Å². The van der Waals surface area contributed by atoms with Crippen LogP contribution in [0.1, 0.15) is 49.3 Å². The number of ether oxygens (including phenoxy) is 1. The molecule has 0 saturated heterocycles. The Balaban J connectivity index is 1.62. The predicted molar refractivity (Wildman–Crippen MR) is 122 cm³/mol. The molecular weight excluding hydrogens is 390 g/mol. The second-order valence-electron chi connectivity index (χ2n) is 7.62. The second-order valence-corrected chi connectivity index (χ2v) is 7.62. The maximum atomic E-state index is 12.0. The fraction of sp³-hybridized carbons (Fsp3) is 0.423. The SMILES string of the molecule is CCC(=O)C(=O)NCCCCc1ccccc1CCCOCC(=O)Cc1ccccc1. The molecule has 2 aromatic rings. The van der Waals surface area contributed by atoms with E-state index in [1.54, 1.807) is 6.92 Å². The van der Waals surface area contributed by atoms with Crippen LogP contribution < -0.4 is 5.32 Å². The van der Waals surface area contributed by atoms with E-state index in [1.807, 2.05) is 42.5 Å². The van der Waals surface area contributed by atoms with Crippen molar-refractivity contribution in [3.05, 3.63) is 71.3 Å². The minimum Gasteiger partial charge on any atom is -0.374 e. The topological polar surface area (TPSA) is 72.5 Å². The summed E-state index contributed by atoms with van der Waals surface area (Å²) in [6.45, 7) is 2.93. The van der Waals surface area contributed by atoms with Gasteiger partial charge in [0.25, 0.3) is 5.91 Å². The van der Waals surface area contributed by atoms with Crippen LogP contribution in [0.25, 0.3) is 0 Å². The minimum atomic E-state index is -0.481. The van der Waals surface area contributed by atoms with Gasteiger partial charge in [-0.2, -0.15) is 0 Å². The summed E-state index contributed by atoms with van der Waals surface area (Å²) in [6.07, 6.45) is 5.15. The number of carbonyl (C=O) groups excluding carboxylic acids is 3. The highest BCUT2D eigenvalue weighted by atomic mass is 16.5. The fourth-order valence-corrected chi connectivity index (χ4v) is 3.37. The minimum absolute atomic E-state index is 0.0966. The highest BCUT2D eigenvalue weighted by Crippen LogP contribution is 2.14. The van der Waals surface area contributed by atoms with Gasteiger partial charge in [-0.15, -0.1) is 0 Å². The molecule has 2 aromatic carbocycles. The van der Waals surface area contributed by atoms with Crippen molar-refractivity contribution in [1.82, 2.24) is 5.32 Å². The van der Waals surface area contributed by atoms with E-state index in [9.17, 15) is 14.4 Å². The molecule has 0 aliphatic carbocycles. The first-order valence-electron chi connectivity index (χ1n) is 11.1. The Kier molecular flexibility index (Phi) is 11.3. The van der Waals surface area contributed by atoms with E-state index < -0.39 is 5.91 Å². The molecule has 0 heterocycles. The number of amides is 1. The number of carbonyl (C=O) groups is 3. The molecule has 0 aliphatic rings. The average Bonchev–Trinajstić information content (AvgIpc) is 2.79. The second kappa shape index (κ2) is 14.3. The van der Waals surface area contributed by atoms with Crippen molar-refractivity contribution < 1.29 is 19.1 Å². The van der Waals surface area contributed by atoms with Gasteiger partial charge >= 0.3 is 0 Å². The zero-order valence-corrected chi connectivity index (χ0v) is 18.4. The Morgan fingerprint density at radius 3 is 2.16 bits per heavy atom. The normalized spacial score (nSPS) is 10.6. The Labute approximate surface area is 185 Å². The first-order valence-corrected chi connectivity index (χ1v) is 11.1. The smallest absolute Gasteiger partial charge is 0.287 e. The third-order valence-corrected chi connectivity index (χ3v) is 5.09. The van der Waals surface area contributed by atoms with Crippen molar-refractivity contribution >= 4 is 17.5 Å². The van der Waals surface area contributed by atoms with Crippen molar-refractivity contribution in [2.75, 3.05) is 19.8 Å². The molecule has 31 heavy (non-hydrogen) atoms. The summed E-state index contributed by atoms with van der Waals surface area (Å²) in [6, 6.07) is 18.1. The molecule has 0 aromatic heterocycles. The molecule has 2 rings (SSSR count). The monoisotopic (exact) mass is 423 g/mol. The van der Waals surface area contributed by atoms with Gasteiger partial charge < -0.3 is 10.1 Å². The molecule has 0 aliphatic heterocycles. The van der Waals surface area contributed by atoms with Crippen molar-refractivity contribution in [2.24, 2.45) is 0 Å². The zero-order valence-electron chi connectivity index (χ0n) is 18.4. The average molecular weight is 424 g/mol. The van der Waals surface area contributed by atoms with Gasteiger partial charge in [-0.3, -0.25) is 14.4 Å². The zero-order chi connectivity index (χ0) is 22.3. The summed E-state index contributed by atoms with van der Waals surface area (Å²) in [4.78, 5) is 34.7. The molecule has 5 nitrogen and oxygen atoms in total. The lowest BCUT2D eigenvalue weighted by atomic mass is 9.98. The fourth-order valence-electron chi connectivity index (χ4n) is 3.37. The molecule has 5 heteroatoms. The van der Waals surface area contributed by atoms with E-state index in [-0.39, 0.29) is 24.6 Å². The third-order valence-electron chi connectivity index (χ3n) is 5.09. The van der Waals surface area contributed by atoms with Crippen LogP contribution >= 0.6 is 0 Å². The van der Waals surface area contributed by atoms with E-state index in [4.69, 9.17) is 4.74 Å². The number of hydrogen-bond acceptors (Lipinski definition) is 4. The van der Waals surface area contributed by atoms with Gasteiger partial charge in [0, 0.05) is 26.0 Å². The van der Waals surface area contributed by atoms with Crippen LogP contribution in [0.3, 0.4) is 0 Å². The van der Waals surface area contributed by atoms with Gasteiger partial charge in [-0.05, 0) is 48.8 Å². The molecule has 166 valence electrons. The first kappa shape index (κ1) is 24.5. The van der Waals surface area contributed by atoms with Crippen LogP contribution in [0, 0.1) is 0 Å². The first-order chi connectivity index (χ1) is 15.1. The van der Waals surface area contributed by atoms with Crippen LogP contribution in [-0.2, 0) is 38.4 Å². The quantitative estimate of drug-likeness (QED) is 0.349. The van der Waals surface area contributed by atoms with E-state index in [2.05, 4.69) is 17.4 Å². The highest BCUT2D eigenvalue weighted by Gasteiger charge is 2.09. The van der Waals surface area contributed by atoms with Crippen LogP contribution in [-0.4, -0.2) is 37.2 Å². The maximum absolute atomic E-state index is 12.0. The summed E-state index contributed by atoms with van der Waals surface area (Å²) in [5.74, 6) is -0.751. The lowest BCUT2D eigenvalue weighted by molar-refractivity contribution is -0.137. The highest BCUT2D eigenvalue weighted by molar-refractivity contribution is 6.36. The van der Waals surface area contributed by atoms with E-state index in [1.165, 1.54) is 11.1 Å². The predicted octanol–water partition coefficient (Wildman–Crippen LogP) is 3.87. The lowest BCUT2D eigenvalue weighted by Gasteiger charge is -2.10. The standard InChI is InChI=1S/C26H33NO4/c1-2-25(29)26(30)27-17-9-8-15-22-13-6-7-14-23(22)16-10-18-31-20-24(28)19-21-11-4-3-5-12-21/h3-7,11-14H,2,8-10,15-20H2,1H3,(H,27,30). The van der Waals surface area contributed by atoms with E-state index in [0.717, 1.165) is 37.7 Å². The number of unbranched alkanes of at least 4 members (excludes halogenated alkanes) is 1. The van der Waals surface area contributed by atoms with Gasteiger partial charge in [0.15, 0.2) is 5.78 Å². The van der Waals surface area contributed by atoms with Gasteiger partial charge in [0.05, 0.1) is 0 Å². The van der Waals surface area contributed by atoms with E-state index in [0.29, 0.717) is 19.6 Å². The number of Topliss-reactive ketones (excluding diaryl/α,β-unsaturated/α-hetero) is 2. The molecule has 0 fully saturated rings. The van der Waals surface area contributed by atoms with Crippen LogP contribution in [0.2, 0.25) is 0 Å². The molecule has 0 bridgehead atoms. The summed E-state index contributed by atoms with van der Waals surface area (Å²) in [5, 5.41) is 2.67. The molecule has 1 amide bonds. The molecule has 0 atom stereocenters. The summed E-state index contributed by atoms with van der Waals surface area (Å²) in [7, 11) is 0. The van der Waals surface area contributed by atoms with Crippen molar-refractivity contribution in [1.29, 1.82) is 0 Å². The summed E-state index contributed by atoms with van der Waals surface area (Å²) < 4.78 is 5.58. The van der Waals surface area contributed by atoms with E-state index >= 15 is 0 Å². The third kappa shape index (κ3) is 9.71. The Bertz CT molecular complexity index is 832. The molecule has 0 radical (unpaired) electrons. The lowest BCUT2D eigenvalue weighted by Crippen LogP contribution is -2.31. The molecule has 1 N–H and O–H groups in total. The number of ketones is 2. The Morgan fingerprint density at radius 2 is 1.48 bits per heavy atom. The Hall–Kier alpha value is -2.79. The van der Waals surface area contributed by atoms with Crippen molar-refractivity contribution in [3.63, 3.8) is 0 Å². The number of benzene rings is 2. The number of rotatable bonds is 15. The molecular formula is C26H33NO4. The number of aryl methyl sites for hydroxylation is 2.